The average molecular weight is 513 g/mol. The predicted molar refractivity (Wildman–Crippen MR) is 125 cm³/mol. The van der Waals surface area contributed by atoms with E-state index in [1.54, 1.807) is 0 Å². The highest BCUT2D eigenvalue weighted by Crippen LogP contribution is 2.32. The summed E-state index contributed by atoms with van der Waals surface area (Å²) >= 11 is 5.88. The minimum absolute atomic E-state index is 0.00600. The third kappa shape index (κ3) is 6.00. The van der Waals surface area contributed by atoms with Crippen LogP contribution in [0, 0.1) is 5.82 Å². The van der Waals surface area contributed by atoms with Gasteiger partial charge in [-0.1, -0.05) is 30.5 Å². The number of hydrogen-bond acceptors (Lipinski definition) is 4. The van der Waals surface area contributed by atoms with Crippen LogP contribution in [0.5, 0.6) is 0 Å². The van der Waals surface area contributed by atoms with E-state index in [9.17, 15) is 26.8 Å². The molecule has 1 saturated carbocycles. The van der Waals surface area contributed by atoms with Gasteiger partial charge >= 0.3 is 0 Å². The number of nitrogens with zero attached hydrogens (tertiary/aromatic N) is 1. The van der Waals surface area contributed by atoms with E-state index in [1.165, 1.54) is 50.2 Å². The molecule has 2 aromatic carbocycles. The zero-order chi connectivity index (χ0) is 25.0. The molecule has 1 aliphatic carbocycles. The Morgan fingerprint density at radius 1 is 1.15 bits per heavy atom. The van der Waals surface area contributed by atoms with Crippen molar-refractivity contribution in [2.45, 2.75) is 69.2 Å². The molecule has 0 bridgehead atoms. The second-order valence-corrected chi connectivity index (χ2v) is 10.8. The van der Waals surface area contributed by atoms with Crippen molar-refractivity contribution in [3.8, 4) is 0 Å². The van der Waals surface area contributed by atoms with Crippen molar-refractivity contribution >= 4 is 33.3 Å². The molecule has 1 fully saturated rings. The smallest absolute Gasteiger partial charge is 0.251 e. The van der Waals surface area contributed by atoms with Gasteiger partial charge in [0.05, 0.1) is 17.0 Å². The summed E-state index contributed by atoms with van der Waals surface area (Å²) in [6, 6.07) is 7.49. The lowest BCUT2D eigenvalue weighted by Gasteiger charge is -2.35. The van der Waals surface area contributed by atoms with Gasteiger partial charge in [-0.25, -0.2) is 17.2 Å². The number of nitrogens with one attached hydrogen (secondary N) is 1. The lowest BCUT2D eigenvalue weighted by atomic mass is 9.93. The first-order valence-corrected chi connectivity index (χ1v) is 12.8. The van der Waals surface area contributed by atoms with Crippen LogP contribution in [0.2, 0.25) is 5.02 Å². The van der Waals surface area contributed by atoms with Crippen LogP contribution in [0.4, 0.5) is 8.78 Å². The van der Waals surface area contributed by atoms with Gasteiger partial charge in [0.25, 0.3) is 5.91 Å². The molecule has 0 heterocycles. The topological polar surface area (TPSA) is 83.6 Å². The van der Waals surface area contributed by atoms with E-state index in [2.05, 4.69) is 5.32 Å². The minimum atomic E-state index is -4.17. The first-order chi connectivity index (χ1) is 16.0. The van der Waals surface area contributed by atoms with Gasteiger partial charge in [0.1, 0.15) is 12.0 Å². The largest absolute Gasteiger partial charge is 0.343 e. The van der Waals surface area contributed by atoms with Crippen molar-refractivity contribution in [1.82, 2.24) is 9.62 Å². The number of hydrogen-bond donors (Lipinski definition) is 1. The Bertz CT molecular complexity index is 1160. The fourth-order valence-corrected chi connectivity index (χ4v) is 5.66. The van der Waals surface area contributed by atoms with E-state index in [-0.39, 0.29) is 28.2 Å². The number of amides is 1. The van der Waals surface area contributed by atoms with Gasteiger partial charge in [-0.05, 0) is 63.1 Å². The second-order valence-electron chi connectivity index (χ2n) is 8.48. The van der Waals surface area contributed by atoms with Crippen molar-refractivity contribution in [3.05, 3.63) is 64.4 Å². The molecule has 1 N–H and O–H groups in total. The maximum atomic E-state index is 15.0. The predicted octanol–water partition coefficient (Wildman–Crippen LogP) is 4.66. The normalized spacial score (nSPS) is 19.6. The highest BCUT2D eigenvalue weighted by Gasteiger charge is 2.38. The number of rotatable bonds is 8. The number of alkyl halides is 1. The highest BCUT2D eigenvalue weighted by atomic mass is 35.5. The molecule has 184 valence electrons. The Morgan fingerprint density at radius 2 is 1.79 bits per heavy atom. The van der Waals surface area contributed by atoms with Crippen molar-refractivity contribution in [3.63, 3.8) is 0 Å². The van der Waals surface area contributed by atoms with Crippen molar-refractivity contribution < 1.29 is 26.8 Å². The number of carbonyl (C=O) groups is 2. The highest BCUT2D eigenvalue weighted by molar-refractivity contribution is 7.89. The molecule has 1 amide bonds. The first-order valence-electron chi connectivity index (χ1n) is 11.0. The summed E-state index contributed by atoms with van der Waals surface area (Å²) in [5.41, 5.74) is -0.00558. The number of sulfonamides is 1. The van der Waals surface area contributed by atoms with Gasteiger partial charge < -0.3 is 5.32 Å². The van der Waals surface area contributed by atoms with E-state index in [4.69, 9.17) is 11.6 Å². The number of Topliss-reactive ketones (excluding diaryl/α,β-unsaturated/α-hetero) is 1. The Hall–Kier alpha value is -2.36. The summed E-state index contributed by atoms with van der Waals surface area (Å²) in [5.74, 6) is -1.68. The van der Waals surface area contributed by atoms with E-state index in [1.807, 2.05) is 0 Å². The zero-order valence-corrected chi connectivity index (χ0v) is 20.5. The van der Waals surface area contributed by atoms with Crippen molar-refractivity contribution in [1.29, 1.82) is 0 Å². The molecule has 3 unspecified atom stereocenters. The van der Waals surface area contributed by atoms with Gasteiger partial charge in [0.15, 0.2) is 5.78 Å². The molecule has 3 atom stereocenters. The maximum absolute atomic E-state index is 15.0. The fraction of sp³-hybridized carbons (Fsp3) is 0.417. The van der Waals surface area contributed by atoms with Crippen LogP contribution < -0.4 is 5.32 Å². The SMILES string of the molecule is CC(=O)C(C)NC(=O)c1ccc(CN(C2CCCCC2F)S(=O)(=O)c2ccc(Cl)cc2)c(F)c1. The molecule has 0 aromatic heterocycles. The average Bonchev–Trinajstić information content (AvgIpc) is 2.79. The Labute approximate surface area is 203 Å². The maximum Gasteiger partial charge on any atom is 0.251 e. The molecule has 0 aliphatic heterocycles. The monoisotopic (exact) mass is 512 g/mol. The van der Waals surface area contributed by atoms with E-state index in [0.717, 1.165) is 10.4 Å². The molecule has 0 saturated heterocycles. The summed E-state index contributed by atoms with van der Waals surface area (Å²) in [5, 5.41) is 2.82. The third-order valence-electron chi connectivity index (χ3n) is 6.04. The van der Waals surface area contributed by atoms with Crippen LogP contribution in [0.3, 0.4) is 0 Å². The van der Waals surface area contributed by atoms with Crippen LogP contribution in [-0.4, -0.2) is 42.7 Å². The van der Waals surface area contributed by atoms with Crippen molar-refractivity contribution in [2.24, 2.45) is 0 Å². The molecule has 0 radical (unpaired) electrons. The lowest BCUT2D eigenvalue weighted by Crippen LogP contribution is -2.46. The number of benzene rings is 2. The van der Waals surface area contributed by atoms with Crippen LogP contribution in [0.25, 0.3) is 0 Å². The number of halogens is 3. The second kappa shape index (κ2) is 10.9. The van der Waals surface area contributed by atoms with Gasteiger partial charge in [0, 0.05) is 22.7 Å². The molecular weight excluding hydrogens is 486 g/mol. The number of carbonyl (C=O) groups excluding carboxylic acids is 2. The molecule has 34 heavy (non-hydrogen) atoms. The van der Waals surface area contributed by atoms with Crippen LogP contribution >= 0.6 is 11.6 Å². The molecule has 3 rings (SSSR count). The summed E-state index contributed by atoms with van der Waals surface area (Å²) in [7, 11) is -4.17. The van der Waals surface area contributed by atoms with E-state index in [0.29, 0.717) is 24.3 Å². The van der Waals surface area contributed by atoms with Crippen LogP contribution in [0.1, 0.15) is 55.5 Å². The summed E-state index contributed by atoms with van der Waals surface area (Å²) < 4.78 is 57.8. The molecule has 6 nitrogen and oxygen atoms in total. The third-order valence-corrected chi connectivity index (χ3v) is 8.17. The summed E-state index contributed by atoms with van der Waals surface area (Å²) in [6.45, 7) is 2.45. The van der Waals surface area contributed by atoms with E-state index >= 15 is 0 Å². The zero-order valence-electron chi connectivity index (χ0n) is 18.9. The van der Waals surface area contributed by atoms with Crippen molar-refractivity contribution in [2.75, 3.05) is 0 Å². The standard InChI is InChI=1S/C24H27ClF2N2O4S/c1-15(16(2)30)28-24(31)17-7-8-18(22(27)13-17)14-29(23-6-4-3-5-21(23)26)34(32,33)20-11-9-19(25)10-12-20/h7-13,15,21,23H,3-6,14H2,1-2H3,(H,28,31). The van der Waals surface area contributed by atoms with Gasteiger partial charge in [-0.3, -0.25) is 9.59 Å². The van der Waals surface area contributed by atoms with Gasteiger partial charge in [0.2, 0.25) is 10.0 Å². The quantitative estimate of drug-likeness (QED) is 0.557. The minimum Gasteiger partial charge on any atom is -0.343 e. The Kier molecular flexibility index (Phi) is 8.43. The lowest BCUT2D eigenvalue weighted by molar-refractivity contribution is -0.118. The summed E-state index contributed by atoms with van der Waals surface area (Å²) in [6.07, 6.45) is 0.487. The Balaban J connectivity index is 1.93. The Morgan fingerprint density at radius 3 is 2.38 bits per heavy atom. The fourth-order valence-electron chi connectivity index (χ4n) is 3.88. The first kappa shape index (κ1) is 26.2. The molecular formula is C24H27ClF2N2O4S. The molecule has 0 spiro atoms. The molecule has 1 aliphatic rings. The van der Waals surface area contributed by atoms with Crippen LogP contribution in [-0.2, 0) is 21.4 Å². The van der Waals surface area contributed by atoms with E-state index < -0.39 is 46.5 Å². The molecule has 2 aromatic rings. The summed E-state index contributed by atoms with van der Waals surface area (Å²) in [4.78, 5) is 23.6. The molecule has 10 heteroatoms. The van der Waals surface area contributed by atoms with Gasteiger partial charge in [-0.2, -0.15) is 4.31 Å². The van der Waals surface area contributed by atoms with Crippen LogP contribution in [0.15, 0.2) is 47.4 Å². The van der Waals surface area contributed by atoms with Gasteiger partial charge in [-0.15, -0.1) is 0 Å². The number of ketones is 1.